The minimum absolute atomic E-state index is 0.00254. The number of carbonyl (C=O) groups is 5. The third-order valence-corrected chi connectivity index (χ3v) is 19.5. The lowest BCUT2D eigenvalue weighted by Gasteiger charge is -2.72. The van der Waals surface area contributed by atoms with Gasteiger partial charge in [0, 0.05) is 64.7 Å². The lowest BCUT2D eigenvalue weighted by Crippen LogP contribution is -2.68. The predicted octanol–water partition coefficient (Wildman–Crippen LogP) is 8.61. The molecule has 2 heterocycles. The van der Waals surface area contributed by atoms with Gasteiger partial charge in [-0.05, 0) is 116 Å². The van der Waals surface area contributed by atoms with E-state index >= 15 is 0 Å². The summed E-state index contributed by atoms with van der Waals surface area (Å²) in [6.07, 6.45) is 5.52. The van der Waals surface area contributed by atoms with E-state index in [-0.39, 0.29) is 63.4 Å². The van der Waals surface area contributed by atoms with Crippen LogP contribution >= 0.6 is 0 Å². The van der Waals surface area contributed by atoms with Gasteiger partial charge >= 0.3 is 23.9 Å². The molecule has 8 rings (SSSR count). The van der Waals surface area contributed by atoms with Gasteiger partial charge < -0.3 is 43.0 Å². The summed E-state index contributed by atoms with van der Waals surface area (Å²) in [5.74, 6) is -0.668. The fourth-order valence-corrected chi connectivity index (χ4v) is 15.6. The SMILES string of the molecule is COc1ccccc1N1CCN(C(=O)C2(C)CC[C@]3(C)CC[C@]4(C)C(=CCC5[C@@]6(C)C(O[C@@H]7O[C@H](COC(C)=O)[C@@H](OC(C)=O)[C@@H](OC(C)=O)[C@H]7OC(C)=O)CCC(C)(C)C6CC[C@]54C)[C@@H]3C2)CC1. The first-order valence-electron chi connectivity index (χ1n) is 25.7. The van der Waals surface area contributed by atoms with Crippen LogP contribution in [-0.4, -0.2) is 111 Å². The molecule has 0 radical (unpaired) electrons. The maximum Gasteiger partial charge on any atom is 0.303 e. The Morgan fingerprint density at radius 3 is 2.00 bits per heavy atom. The van der Waals surface area contributed by atoms with Crippen LogP contribution in [0, 0.1) is 50.2 Å². The Balaban J connectivity index is 1.10. The molecule has 14 atom stereocenters. The second-order valence-corrected chi connectivity index (χ2v) is 23.8. The molecule has 7 aliphatic rings. The van der Waals surface area contributed by atoms with Crippen molar-refractivity contribution in [3.8, 4) is 5.75 Å². The van der Waals surface area contributed by atoms with E-state index in [0.717, 1.165) is 82.3 Å². The minimum atomic E-state index is -1.30. The third kappa shape index (κ3) is 8.98. The Kier molecular flexibility index (Phi) is 13.9. The zero-order valence-electron chi connectivity index (χ0n) is 43.5. The number of fused-ring (bicyclic) bond motifs is 7. The average Bonchev–Trinajstić information content (AvgIpc) is 3.28. The Morgan fingerprint density at radius 2 is 1.35 bits per heavy atom. The molecule has 0 spiro atoms. The van der Waals surface area contributed by atoms with E-state index in [4.69, 9.17) is 33.2 Å². The largest absolute Gasteiger partial charge is 0.495 e. The summed E-state index contributed by atoms with van der Waals surface area (Å²) < 4.78 is 42.4. The quantitative estimate of drug-likeness (QED) is 0.125. The molecule has 0 bridgehead atoms. The number of carbonyl (C=O) groups excluding carboxylic acids is 5. The number of nitrogens with zero attached hydrogens (tertiary/aromatic N) is 2. The lowest BCUT2D eigenvalue weighted by atomic mass is 9.33. The molecule has 69 heavy (non-hydrogen) atoms. The summed E-state index contributed by atoms with van der Waals surface area (Å²) in [7, 11) is 1.71. The van der Waals surface area contributed by atoms with E-state index in [0.29, 0.717) is 19.5 Å². The molecule has 14 heteroatoms. The summed E-state index contributed by atoms with van der Waals surface area (Å²) in [4.78, 5) is 69.5. The smallest absolute Gasteiger partial charge is 0.303 e. The van der Waals surface area contributed by atoms with E-state index in [2.05, 4.69) is 70.4 Å². The van der Waals surface area contributed by atoms with Gasteiger partial charge in [0.25, 0.3) is 0 Å². The average molecular weight is 961 g/mol. The van der Waals surface area contributed by atoms with Gasteiger partial charge in [-0.15, -0.1) is 0 Å². The standard InChI is InChI=1S/C55H80N2O12/c1-33(58)64-32-41-45(65-34(2)59)46(66-35(3)60)47(67-36(4)61)48(68-41)69-44-20-21-50(5,6)42-19-22-54(10)43(55(42,44)11)18-17-37-38-31-52(8,24-23-51(38,7)25-26-53(37,54)9)49(62)57-29-27-56(28-30-57)39-15-13-14-16-40(39)63-12/h13-17,38,41-48H,18-32H2,1-12H3/t38-,41+,42?,43?,44?,45+,46+,47+,48-,51+,52?,53+,54+,55-/m0/s1. The second kappa shape index (κ2) is 18.8. The summed E-state index contributed by atoms with van der Waals surface area (Å²) in [6, 6.07) is 8.12. The number of piperazine rings is 1. The van der Waals surface area contributed by atoms with Gasteiger partial charge in [0.15, 0.2) is 24.6 Å². The van der Waals surface area contributed by atoms with Gasteiger partial charge in [0.05, 0.1) is 18.9 Å². The molecule has 0 N–H and O–H groups in total. The number of anilines is 1. The Labute approximate surface area is 410 Å². The number of hydrogen-bond donors (Lipinski definition) is 0. The van der Waals surface area contributed by atoms with Crippen LogP contribution in [0.3, 0.4) is 0 Å². The molecule has 2 aliphatic heterocycles. The summed E-state index contributed by atoms with van der Waals surface area (Å²) in [5, 5.41) is 0. The van der Waals surface area contributed by atoms with E-state index in [1.165, 1.54) is 27.7 Å². The molecule has 1 aromatic carbocycles. The minimum Gasteiger partial charge on any atom is -0.495 e. The fraction of sp³-hybridized carbons (Fsp3) is 0.764. The van der Waals surface area contributed by atoms with Crippen molar-refractivity contribution in [1.29, 1.82) is 0 Å². The van der Waals surface area contributed by atoms with E-state index < -0.39 is 60.0 Å². The molecule has 6 fully saturated rings. The Hall–Kier alpha value is -4.17. The van der Waals surface area contributed by atoms with Gasteiger partial charge in [-0.3, -0.25) is 24.0 Å². The van der Waals surface area contributed by atoms with Crippen molar-refractivity contribution in [3.05, 3.63) is 35.9 Å². The number of methoxy groups -OCH3 is 1. The summed E-state index contributed by atoms with van der Waals surface area (Å²) in [6.45, 7) is 24.6. The van der Waals surface area contributed by atoms with Gasteiger partial charge in [-0.25, -0.2) is 0 Å². The van der Waals surface area contributed by atoms with Crippen LogP contribution in [0.5, 0.6) is 5.75 Å². The normalized spacial score (nSPS) is 40.3. The Morgan fingerprint density at radius 1 is 0.710 bits per heavy atom. The van der Waals surface area contributed by atoms with Crippen molar-refractivity contribution >= 4 is 35.5 Å². The maximum atomic E-state index is 14.9. The van der Waals surface area contributed by atoms with E-state index in [1.54, 1.807) is 12.7 Å². The molecule has 1 aromatic rings. The van der Waals surface area contributed by atoms with Gasteiger partial charge in [0.2, 0.25) is 5.91 Å². The van der Waals surface area contributed by atoms with Crippen molar-refractivity contribution in [2.45, 2.75) is 177 Å². The maximum absolute atomic E-state index is 14.9. The van der Waals surface area contributed by atoms with Crippen LogP contribution in [0.4, 0.5) is 5.69 Å². The van der Waals surface area contributed by atoms with Crippen molar-refractivity contribution in [1.82, 2.24) is 4.90 Å². The topological polar surface area (TPSA) is 156 Å². The molecule has 382 valence electrons. The highest BCUT2D eigenvalue weighted by molar-refractivity contribution is 5.83. The summed E-state index contributed by atoms with van der Waals surface area (Å²) in [5.41, 5.74) is 1.62. The number of ether oxygens (including phenoxy) is 7. The first-order valence-corrected chi connectivity index (χ1v) is 25.7. The van der Waals surface area contributed by atoms with Crippen molar-refractivity contribution in [2.75, 3.05) is 44.8 Å². The van der Waals surface area contributed by atoms with Gasteiger partial charge in [-0.1, -0.05) is 72.2 Å². The van der Waals surface area contributed by atoms with Crippen LogP contribution in [-0.2, 0) is 52.4 Å². The molecule has 4 saturated carbocycles. The van der Waals surface area contributed by atoms with E-state index in [1.807, 2.05) is 18.2 Å². The first kappa shape index (κ1) is 51.2. The highest BCUT2D eigenvalue weighted by Crippen LogP contribution is 2.76. The number of hydrogen-bond acceptors (Lipinski definition) is 13. The number of amides is 1. The molecule has 14 nitrogen and oxygen atoms in total. The van der Waals surface area contributed by atoms with Crippen LogP contribution in [0.1, 0.15) is 140 Å². The number of allylic oxidation sites excluding steroid dienone is 2. The molecule has 0 aromatic heterocycles. The zero-order chi connectivity index (χ0) is 50.1. The van der Waals surface area contributed by atoms with Gasteiger partial charge in [0.1, 0.15) is 18.5 Å². The monoisotopic (exact) mass is 961 g/mol. The van der Waals surface area contributed by atoms with Crippen LogP contribution < -0.4 is 9.64 Å². The number of para-hydroxylation sites is 2. The molecular formula is C55H80N2O12. The van der Waals surface area contributed by atoms with E-state index in [9.17, 15) is 24.0 Å². The highest BCUT2D eigenvalue weighted by atomic mass is 16.7. The molecular weight excluding hydrogens is 881 g/mol. The second-order valence-electron chi connectivity index (χ2n) is 23.8. The first-order chi connectivity index (χ1) is 32.4. The third-order valence-electron chi connectivity index (χ3n) is 19.5. The zero-order valence-corrected chi connectivity index (χ0v) is 43.5. The summed E-state index contributed by atoms with van der Waals surface area (Å²) >= 11 is 0. The van der Waals surface area contributed by atoms with Crippen molar-refractivity contribution in [3.63, 3.8) is 0 Å². The van der Waals surface area contributed by atoms with Crippen LogP contribution in [0.25, 0.3) is 0 Å². The molecule has 1 amide bonds. The molecule has 5 aliphatic carbocycles. The van der Waals surface area contributed by atoms with Crippen LogP contribution in [0.15, 0.2) is 35.9 Å². The number of rotatable bonds is 10. The number of esters is 4. The van der Waals surface area contributed by atoms with Gasteiger partial charge in [-0.2, -0.15) is 0 Å². The number of benzene rings is 1. The molecule has 2 saturated heterocycles. The highest BCUT2D eigenvalue weighted by Gasteiger charge is 2.70. The molecule has 4 unspecified atom stereocenters. The Bertz CT molecular complexity index is 2190. The lowest BCUT2D eigenvalue weighted by molar-refractivity contribution is -0.340. The predicted molar refractivity (Wildman–Crippen MR) is 258 cm³/mol. The van der Waals surface area contributed by atoms with Crippen molar-refractivity contribution < 1.29 is 57.1 Å². The van der Waals surface area contributed by atoms with Crippen LogP contribution in [0.2, 0.25) is 0 Å². The van der Waals surface area contributed by atoms with Crippen molar-refractivity contribution in [2.24, 2.45) is 50.2 Å². The fourth-order valence-electron chi connectivity index (χ4n) is 15.6.